The molecule has 1 fully saturated rings. The fraction of sp³-hybridized carbons (Fsp3) is 0.538. The summed E-state index contributed by atoms with van der Waals surface area (Å²) >= 11 is 0. The average Bonchev–Trinajstić information content (AvgIpc) is 2.79. The first kappa shape index (κ1) is 13.0. The lowest BCUT2D eigenvalue weighted by Gasteiger charge is -2.21. The lowest BCUT2D eigenvalue weighted by atomic mass is 10.0. The molecule has 1 aromatic carbocycles. The van der Waals surface area contributed by atoms with Gasteiger partial charge in [0.15, 0.2) is 0 Å². The van der Waals surface area contributed by atoms with Crippen molar-refractivity contribution < 1.29 is 14.2 Å². The molecule has 2 unspecified atom stereocenters. The second-order valence-corrected chi connectivity index (χ2v) is 4.70. The molecular formula is C13H19FN2O2. The number of nitrogens with two attached hydrogens (primary N) is 1. The Balaban J connectivity index is 2.18. The van der Waals surface area contributed by atoms with E-state index in [2.05, 4.69) is 5.32 Å². The molecule has 1 aliphatic carbocycles. The van der Waals surface area contributed by atoms with Crippen molar-refractivity contribution in [3.05, 3.63) is 17.9 Å². The van der Waals surface area contributed by atoms with Crippen LogP contribution in [0.2, 0.25) is 0 Å². The zero-order valence-corrected chi connectivity index (χ0v) is 10.4. The van der Waals surface area contributed by atoms with Gasteiger partial charge >= 0.3 is 0 Å². The molecule has 0 aliphatic heterocycles. The third-order valence-electron chi connectivity index (χ3n) is 3.55. The van der Waals surface area contributed by atoms with Gasteiger partial charge in [-0.3, -0.25) is 0 Å². The second-order valence-electron chi connectivity index (χ2n) is 4.70. The van der Waals surface area contributed by atoms with Crippen molar-refractivity contribution in [3.8, 4) is 5.75 Å². The predicted octanol–water partition coefficient (Wildman–Crippen LogP) is 1.99. The molecule has 1 saturated carbocycles. The number of hydrogen-bond donors (Lipinski definition) is 3. The van der Waals surface area contributed by atoms with Gasteiger partial charge < -0.3 is 20.9 Å². The van der Waals surface area contributed by atoms with Gasteiger partial charge in [-0.25, -0.2) is 4.39 Å². The van der Waals surface area contributed by atoms with E-state index < -0.39 is 5.82 Å². The maximum atomic E-state index is 13.8. The number of nitrogen functional groups attached to an aromatic ring is 1. The smallest absolute Gasteiger partial charge is 0.148 e. The maximum Gasteiger partial charge on any atom is 0.148 e. The number of ether oxygens (including phenoxy) is 1. The zero-order chi connectivity index (χ0) is 13.1. The van der Waals surface area contributed by atoms with Crippen LogP contribution in [-0.4, -0.2) is 24.9 Å². The normalized spacial score (nSPS) is 23.1. The van der Waals surface area contributed by atoms with E-state index in [0.717, 1.165) is 19.3 Å². The number of methoxy groups -OCH3 is 1. The molecule has 4 nitrogen and oxygen atoms in total. The Morgan fingerprint density at radius 1 is 1.50 bits per heavy atom. The van der Waals surface area contributed by atoms with E-state index in [9.17, 15) is 9.50 Å². The van der Waals surface area contributed by atoms with Crippen molar-refractivity contribution in [2.75, 3.05) is 24.8 Å². The van der Waals surface area contributed by atoms with E-state index in [1.807, 2.05) is 0 Å². The second kappa shape index (κ2) is 5.44. The molecule has 0 aromatic heterocycles. The van der Waals surface area contributed by atoms with E-state index in [0.29, 0.717) is 11.4 Å². The summed E-state index contributed by atoms with van der Waals surface area (Å²) in [7, 11) is 1.50. The standard InChI is InChI=1S/C13H19FN2O2/c1-18-13-6-12(9(14)5-10(13)15)16-11-4-2-3-8(11)7-17/h5-6,8,11,16-17H,2-4,7,15H2,1H3. The van der Waals surface area contributed by atoms with Crippen LogP contribution in [0.1, 0.15) is 19.3 Å². The first-order valence-corrected chi connectivity index (χ1v) is 6.16. The van der Waals surface area contributed by atoms with Crippen LogP contribution >= 0.6 is 0 Å². The van der Waals surface area contributed by atoms with Gasteiger partial charge in [-0.15, -0.1) is 0 Å². The van der Waals surface area contributed by atoms with Gasteiger partial charge in [0.1, 0.15) is 11.6 Å². The molecule has 18 heavy (non-hydrogen) atoms. The highest BCUT2D eigenvalue weighted by Crippen LogP contribution is 2.32. The molecule has 0 amide bonds. The van der Waals surface area contributed by atoms with Crippen molar-refractivity contribution in [3.63, 3.8) is 0 Å². The molecule has 0 saturated heterocycles. The highest BCUT2D eigenvalue weighted by atomic mass is 19.1. The first-order chi connectivity index (χ1) is 8.65. The zero-order valence-electron chi connectivity index (χ0n) is 10.4. The van der Waals surface area contributed by atoms with Crippen LogP contribution in [0.5, 0.6) is 5.75 Å². The van der Waals surface area contributed by atoms with E-state index >= 15 is 0 Å². The van der Waals surface area contributed by atoms with E-state index in [-0.39, 0.29) is 24.3 Å². The van der Waals surface area contributed by atoms with Crippen molar-refractivity contribution in [1.82, 2.24) is 0 Å². The lowest BCUT2D eigenvalue weighted by molar-refractivity contribution is 0.222. The molecule has 2 atom stereocenters. The molecular weight excluding hydrogens is 235 g/mol. The quantitative estimate of drug-likeness (QED) is 0.719. The molecule has 2 rings (SSSR count). The third-order valence-corrected chi connectivity index (χ3v) is 3.55. The van der Waals surface area contributed by atoms with Gasteiger partial charge in [-0.1, -0.05) is 6.42 Å². The number of nitrogens with one attached hydrogen (secondary N) is 1. The minimum atomic E-state index is -0.392. The summed E-state index contributed by atoms with van der Waals surface area (Å²) in [6.07, 6.45) is 2.97. The first-order valence-electron chi connectivity index (χ1n) is 6.16. The van der Waals surface area contributed by atoms with Crippen molar-refractivity contribution >= 4 is 11.4 Å². The number of benzene rings is 1. The number of halogens is 1. The summed E-state index contributed by atoms with van der Waals surface area (Å²) in [5.41, 5.74) is 6.29. The summed E-state index contributed by atoms with van der Waals surface area (Å²) < 4.78 is 18.9. The topological polar surface area (TPSA) is 67.5 Å². The largest absolute Gasteiger partial charge is 0.495 e. The number of hydrogen-bond acceptors (Lipinski definition) is 4. The Bertz CT molecular complexity index is 426. The number of anilines is 2. The van der Waals surface area contributed by atoms with E-state index in [1.165, 1.54) is 13.2 Å². The maximum absolute atomic E-state index is 13.8. The molecule has 100 valence electrons. The van der Waals surface area contributed by atoms with Crippen molar-refractivity contribution in [1.29, 1.82) is 0 Å². The molecule has 1 aliphatic rings. The SMILES string of the molecule is COc1cc(NC2CCCC2CO)c(F)cc1N. The van der Waals surface area contributed by atoms with Gasteiger partial charge in [0.2, 0.25) is 0 Å². The van der Waals surface area contributed by atoms with Gasteiger partial charge in [0.05, 0.1) is 18.5 Å². The predicted molar refractivity (Wildman–Crippen MR) is 69.2 cm³/mol. The van der Waals surface area contributed by atoms with Gasteiger partial charge in [0, 0.05) is 30.7 Å². The molecule has 0 bridgehead atoms. The Morgan fingerprint density at radius 2 is 2.28 bits per heavy atom. The van der Waals surface area contributed by atoms with Crippen LogP contribution in [-0.2, 0) is 0 Å². The summed E-state index contributed by atoms with van der Waals surface area (Å²) in [5, 5.41) is 12.4. The molecule has 0 radical (unpaired) electrons. The molecule has 4 N–H and O–H groups in total. The van der Waals surface area contributed by atoms with E-state index in [1.54, 1.807) is 6.07 Å². The van der Waals surface area contributed by atoms with Gasteiger partial charge in [0.25, 0.3) is 0 Å². The van der Waals surface area contributed by atoms with Crippen molar-refractivity contribution in [2.24, 2.45) is 5.92 Å². The van der Waals surface area contributed by atoms with Crippen LogP contribution in [0.3, 0.4) is 0 Å². The van der Waals surface area contributed by atoms with Gasteiger partial charge in [-0.05, 0) is 12.8 Å². The van der Waals surface area contributed by atoms with Crippen molar-refractivity contribution in [2.45, 2.75) is 25.3 Å². The van der Waals surface area contributed by atoms with Crippen LogP contribution in [0.4, 0.5) is 15.8 Å². The minimum Gasteiger partial charge on any atom is -0.495 e. The number of aliphatic hydroxyl groups excluding tert-OH is 1. The highest BCUT2D eigenvalue weighted by Gasteiger charge is 2.27. The monoisotopic (exact) mass is 254 g/mol. The summed E-state index contributed by atoms with van der Waals surface area (Å²) in [4.78, 5) is 0. The Morgan fingerprint density at radius 3 is 2.94 bits per heavy atom. The summed E-state index contributed by atoms with van der Waals surface area (Å²) in [6, 6.07) is 2.93. The Kier molecular flexibility index (Phi) is 3.91. The average molecular weight is 254 g/mol. The molecule has 0 heterocycles. The molecule has 1 aromatic rings. The Labute approximate surface area is 106 Å². The third kappa shape index (κ3) is 2.51. The summed E-state index contributed by atoms with van der Waals surface area (Å²) in [6.45, 7) is 0.130. The lowest BCUT2D eigenvalue weighted by Crippen LogP contribution is -2.26. The fourth-order valence-corrected chi connectivity index (χ4v) is 2.50. The minimum absolute atomic E-state index is 0.109. The highest BCUT2D eigenvalue weighted by molar-refractivity contribution is 5.62. The van der Waals surface area contributed by atoms with Gasteiger partial charge in [-0.2, -0.15) is 0 Å². The number of rotatable bonds is 4. The van der Waals surface area contributed by atoms with E-state index in [4.69, 9.17) is 10.5 Å². The molecule has 0 spiro atoms. The van der Waals surface area contributed by atoms with Crippen LogP contribution in [0, 0.1) is 11.7 Å². The van der Waals surface area contributed by atoms with Crippen LogP contribution in [0.25, 0.3) is 0 Å². The fourth-order valence-electron chi connectivity index (χ4n) is 2.50. The number of aliphatic hydroxyl groups is 1. The summed E-state index contributed by atoms with van der Waals surface area (Å²) in [5.74, 6) is 0.252. The Hall–Kier alpha value is -1.49. The molecule has 5 heteroatoms. The van der Waals surface area contributed by atoms with Crippen LogP contribution in [0.15, 0.2) is 12.1 Å². The van der Waals surface area contributed by atoms with Crippen LogP contribution < -0.4 is 15.8 Å².